The number of amides is 1. The number of hydrogen-bond donors (Lipinski definition) is 2. The summed E-state index contributed by atoms with van der Waals surface area (Å²) in [6, 6.07) is 0. The first-order valence-electron chi connectivity index (χ1n) is 8.64. The van der Waals surface area contributed by atoms with Crippen LogP contribution < -0.4 is 10.0 Å². The quantitative estimate of drug-likeness (QED) is 0.516. The van der Waals surface area contributed by atoms with Gasteiger partial charge in [-0.3, -0.25) is 4.79 Å². The van der Waals surface area contributed by atoms with Crippen molar-refractivity contribution in [2.24, 2.45) is 11.8 Å². The number of likely N-dealkylation sites (tertiary alicyclic amines) is 1. The summed E-state index contributed by atoms with van der Waals surface area (Å²) in [6.45, 7) is 9.17. The molecule has 0 spiro atoms. The molecule has 1 amide bonds. The van der Waals surface area contributed by atoms with Gasteiger partial charge in [-0.2, -0.15) is 0 Å². The Bertz CT molecular complexity index is 674. The molecular weight excluding hydrogens is 362 g/mol. The molecule has 10 heteroatoms. The molecule has 2 rings (SSSR count). The van der Waals surface area contributed by atoms with Crippen molar-refractivity contribution < 1.29 is 13.2 Å². The minimum absolute atomic E-state index is 0.127. The van der Waals surface area contributed by atoms with Gasteiger partial charge in [0.1, 0.15) is 0 Å². The van der Waals surface area contributed by atoms with Crippen molar-refractivity contribution in [3.63, 3.8) is 0 Å². The molecule has 0 saturated carbocycles. The Hall–Kier alpha value is -1.10. The number of piperidine rings is 1. The zero-order valence-corrected chi connectivity index (χ0v) is 16.6. The average molecular weight is 390 g/mol. The van der Waals surface area contributed by atoms with Crippen LogP contribution >= 0.6 is 11.3 Å². The number of nitrogens with one attached hydrogen (secondary N) is 2. The number of nitrogens with zero attached hydrogens (tertiary/aromatic N) is 3. The van der Waals surface area contributed by atoms with Crippen LogP contribution in [0.1, 0.15) is 40.0 Å². The molecule has 0 unspecified atom stereocenters. The van der Waals surface area contributed by atoms with Crippen LogP contribution in [0.2, 0.25) is 0 Å². The van der Waals surface area contributed by atoms with E-state index in [1.807, 2.05) is 0 Å². The van der Waals surface area contributed by atoms with Crippen molar-refractivity contribution >= 4 is 32.4 Å². The molecule has 0 radical (unpaired) electrons. The van der Waals surface area contributed by atoms with E-state index in [-0.39, 0.29) is 21.3 Å². The van der Waals surface area contributed by atoms with Crippen LogP contribution in [0.5, 0.6) is 0 Å². The molecule has 1 saturated heterocycles. The van der Waals surface area contributed by atoms with E-state index < -0.39 is 10.0 Å². The highest BCUT2D eigenvalue weighted by Gasteiger charge is 2.21. The largest absolute Gasteiger partial charge is 0.303 e. The van der Waals surface area contributed by atoms with Gasteiger partial charge in [-0.1, -0.05) is 32.1 Å². The fourth-order valence-electron chi connectivity index (χ4n) is 2.68. The molecule has 142 valence electrons. The summed E-state index contributed by atoms with van der Waals surface area (Å²) < 4.78 is 26.9. The number of anilines is 1. The van der Waals surface area contributed by atoms with Crippen molar-refractivity contribution in [3.8, 4) is 0 Å². The van der Waals surface area contributed by atoms with E-state index in [9.17, 15) is 13.2 Å². The molecule has 8 nitrogen and oxygen atoms in total. The maximum Gasteiger partial charge on any atom is 0.269 e. The Balaban J connectivity index is 1.79. The van der Waals surface area contributed by atoms with Gasteiger partial charge in [0.15, 0.2) is 0 Å². The standard InChI is InChI=1S/C15H27N5O3S2/c1-11(2)13(21)17-14-18-19-15(24-14)25(22,23)16-7-5-9-20-8-4-6-12(3)10-20/h11-12,16H,4-10H2,1-3H3,(H,17,18,21)/t12-/m1/s1. The highest BCUT2D eigenvalue weighted by molar-refractivity contribution is 7.91. The van der Waals surface area contributed by atoms with Gasteiger partial charge in [0.05, 0.1) is 0 Å². The van der Waals surface area contributed by atoms with Crippen molar-refractivity contribution in [1.29, 1.82) is 0 Å². The summed E-state index contributed by atoms with van der Waals surface area (Å²) in [5.74, 6) is 0.287. The van der Waals surface area contributed by atoms with Crippen LogP contribution in [0.3, 0.4) is 0 Å². The lowest BCUT2D eigenvalue weighted by molar-refractivity contribution is -0.118. The first-order valence-corrected chi connectivity index (χ1v) is 10.9. The summed E-state index contributed by atoms with van der Waals surface area (Å²) in [6.07, 6.45) is 3.24. The molecule has 2 N–H and O–H groups in total. The molecular formula is C15H27N5O3S2. The summed E-state index contributed by atoms with van der Waals surface area (Å²) in [5, 5.41) is 10.1. The van der Waals surface area contributed by atoms with Gasteiger partial charge in [-0.15, -0.1) is 10.2 Å². The molecule has 1 aliphatic rings. The van der Waals surface area contributed by atoms with Gasteiger partial charge in [0, 0.05) is 19.0 Å². The Morgan fingerprint density at radius 2 is 2.16 bits per heavy atom. The number of carbonyl (C=O) groups is 1. The third kappa shape index (κ3) is 6.28. The predicted octanol–water partition coefficient (Wildman–Crippen LogP) is 1.53. The number of hydrogen-bond acceptors (Lipinski definition) is 7. The molecule has 1 aromatic rings. The lowest BCUT2D eigenvalue weighted by atomic mass is 10.0. The average Bonchev–Trinajstić information content (AvgIpc) is 3.01. The number of carbonyl (C=O) groups excluding carboxylic acids is 1. The van der Waals surface area contributed by atoms with Crippen molar-refractivity contribution in [3.05, 3.63) is 0 Å². The van der Waals surface area contributed by atoms with Gasteiger partial charge in [0.25, 0.3) is 10.0 Å². The summed E-state index contributed by atoms with van der Waals surface area (Å²) >= 11 is 0.857. The maximum atomic E-state index is 12.2. The van der Waals surface area contributed by atoms with Crippen LogP contribution in [-0.4, -0.2) is 55.6 Å². The van der Waals surface area contributed by atoms with E-state index in [1.165, 1.54) is 12.8 Å². The van der Waals surface area contributed by atoms with E-state index >= 15 is 0 Å². The van der Waals surface area contributed by atoms with Crippen LogP contribution in [0, 0.1) is 11.8 Å². The van der Waals surface area contributed by atoms with Crippen LogP contribution in [-0.2, 0) is 14.8 Å². The maximum absolute atomic E-state index is 12.2. The van der Waals surface area contributed by atoms with E-state index in [0.29, 0.717) is 12.5 Å². The SMILES string of the molecule is CC(C)C(=O)Nc1nnc(S(=O)(=O)NCCCN2CCC[C@@H](C)C2)s1. The molecule has 1 aromatic heterocycles. The molecule has 1 atom stereocenters. The second-order valence-electron chi connectivity index (χ2n) is 6.82. The fourth-order valence-corrected chi connectivity index (χ4v) is 4.70. The Labute approximate surface area is 153 Å². The van der Waals surface area contributed by atoms with Gasteiger partial charge < -0.3 is 10.2 Å². The Kier molecular flexibility index (Phi) is 7.29. The third-order valence-corrected chi connectivity index (χ3v) is 6.74. The van der Waals surface area contributed by atoms with Crippen LogP contribution in [0.4, 0.5) is 5.13 Å². The van der Waals surface area contributed by atoms with Gasteiger partial charge >= 0.3 is 0 Å². The highest BCUT2D eigenvalue weighted by atomic mass is 32.2. The van der Waals surface area contributed by atoms with Gasteiger partial charge in [-0.25, -0.2) is 13.1 Å². The van der Waals surface area contributed by atoms with E-state index in [2.05, 4.69) is 32.1 Å². The number of aromatic nitrogens is 2. The van der Waals surface area contributed by atoms with Crippen molar-refractivity contribution in [2.45, 2.75) is 44.4 Å². The minimum Gasteiger partial charge on any atom is -0.303 e. The van der Waals surface area contributed by atoms with E-state index in [4.69, 9.17) is 0 Å². The van der Waals surface area contributed by atoms with Crippen LogP contribution in [0.15, 0.2) is 4.34 Å². The first-order chi connectivity index (χ1) is 11.8. The van der Waals surface area contributed by atoms with E-state index in [0.717, 1.165) is 37.4 Å². The summed E-state index contributed by atoms with van der Waals surface area (Å²) in [4.78, 5) is 14.0. The molecule has 1 aliphatic heterocycles. The smallest absolute Gasteiger partial charge is 0.269 e. The lowest BCUT2D eigenvalue weighted by Crippen LogP contribution is -2.36. The first kappa shape index (κ1) is 20.2. The summed E-state index contributed by atoms with van der Waals surface area (Å²) in [5.41, 5.74) is 0. The lowest BCUT2D eigenvalue weighted by Gasteiger charge is -2.30. The van der Waals surface area contributed by atoms with Crippen LogP contribution in [0.25, 0.3) is 0 Å². The molecule has 2 heterocycles. The van der Waals surface area contributed by atoms with Crippen molar-refractivity contribution in [1.82, 2.24) is 19.8 Å². The molecule has 1 fully saturated rings. The molecule has 25 heavy (non-hydrogen) atoms. The fraction of sp³-hybridized carbons (Fsp3) is 0.800. The van der Waals surface area contributed by atoms with Gasteiger partial charge in [-0.05, 0) is 38.3 Å². The predicted molar refractivity (Wildman–Crippen MR) is 98.0 cm³/mol. The minimum atomic E-state index is -3.68. The Morgan fingerprint density at radius 1 is 1.40 bits per heavy atom. The highest BCUT2D eigenvalue weighted by Crippen LogP contribution is 2.20. The zero-order chi connectivity index (χ0) is 18.4. The third-order valence-electron chi connectivity index (χ3n) is 4.08. The van der Waals surface area contributed by atoms with Crippen molar-refractivity contribution in [2.75, 3.05) is 31.5 Å². The molecule has 0 bridgehead atoms. The summed E-state index contributed by atoms with van der Waals surface area (Å²) in [7, 11) is -3.68. The topological polar surface area (TPSA) is 104 Å². The Morgan fingerprint density at radius 3 is 2.84 bits per heavy atom. The number of rotatable bonds is 8. The van der Waals surface area contributed by atoms with Gasteiger partial charge in [0.2, 0.25) is 15.4 Å². The number of sulfonamides is 1. The normalized spacial score (nSPS) is 19.3. The molecule has 0 aromatic carbocycles. The second-order valence-corrected chi connectivity index (χ2v) is 9.73. The van der Waals surface area contributed by atoms with E-state index in [1.54, 1.807) is 13.8 Å². The monoisotopic (exact) mass is 389 g/mol. The molecule has 0 aliphatic carbocycles. The zero-order valence-electron chi connectivity index (χ0n) is 15.0. The second kappa shape index (κ2) is 9.02.